The number of allylic oxidation sites excluding steroid dienone is 1. The summed E-state index contributed by atoms with van der Waals surface area (Å²) in [7, 11) is 0. The van der Waals surface area contributed by atoms with Crippen LogP contribution in [-0.4, -0.2) is 17.1 Å². The van der Waals surface area contributed by atoms with Crippen LogP contribution in [0.2, 0.25) is 5.02 Å². The molecule has 6 nitrogen and oxygen atoms in total. The van der Waals surface area contributed by atoms with E-state index in [9.17, 15) is 9.59 Å². The predicted octanol–water partition coefficient (Wildman–Crippen LogP) is 6.30. The molecule has 1 aliphatic rings. The molecule has 0 unspecified atom stereocenters. The lowest BCUT2D eigenvalue weighted by Crippen LogP contribution is -2.39. The minimum Gasteiger partial charge on any atom is -0.487 e. The Morgan fingerprint density at radius 2 is 1.92 bits per heavy atom. The fraction of sp³-hybridized carbons (Fsp3) is 0.179. The first-order chi connectivity index (χ1) is 18.8. The molecule has 0 bridgehead atoms. The van der Waals surface area contributed by atoms with Crippen LogP contribution in [0.5, 0.6) is 5.75 Å². The second-order valence-corrected chi connectivity index (χ2v) is 13.2. The number of benzene rings is 2. The molecule has 0 saturated carbocycles. The number of halogens is 3. The van der Waals surface area contributed by atoms with Gasteiger partial charge in [0.15, 0.2) is 4.80 Å². The number of ether oxygens (including phenoxy) is 2. The van der Waals surface area contributed by atoms with E-state index < -0.39 is 12.0 Å². The maximum absolute atomic E-state index is 13.8. The van der Waals surface area contributed by atoms with Gasteiger partial charge in [0.1, 0.15) is 18.4 Å². The van der Waals surface area contributed by atoms with Gasteiger partial charge in [0, 0.05) is 15.5 Å². The van der Waals surface area contributed by atoms with Crippen LogP contribution in [0.15, 0.2) is 75.0 Å². The summed E-state index contributed by atoms with van der Waals surface area (Å²) in [5.74, 6) is 0.310. The molecule has 0 fully saturated rings. The number of thiazole rings is 1. The minimum atomic E-state index is -0.580. The lowest BCUT2D eigenvalue weighted by Gasteiger charge is -2.23. The third-order valence-electron chi connectivity index (χ3n) is 5.98. The smallest absolute Gasteiger partial charge is 0.338 e. The van der Waals surface area contributed by atoms with Crippen molar-refractivity contribution in [2.45, 2.75) is 26.5 Å². The topological polar surface area (TPSA) is 69.9 Å². The van der Waals surface area contributed by atoms with Crippen LogP contribution in [0, 0.1) is 7.14 Å². The Hall–Kier alpha value is -2.00. The Bertz CT molecular complexity index is 1750. The first-order valence-electron chi connectivity index (χ1n) is 11.9. The summed E-state index contributed by atoms with van der Waals surface area (Å²) in [5, 5.41) is 2.60. The molecular formula is C28H21ClI2N2O4S2. The molecular weight excluding hydrogens is 782 g/mol. The number of carbonyl (C=O) groups is 1. The minimum absolute atomic E-state index is 0.199. The third-order valence-corrected chi connectivity index (χ3v) is 9.86. The Morgan fingerprint density at radius 1 is 1.18 bits per heavy atom. The highest BCUT2D eigenvalue weighted by Crippen LogP contribution is 2.33. The van der Waals surface area contributed by atoms with Gasteiger partial charge in [0.2, 0.25) is 0 Å². The van der Waals surface area contributed by atoms with Gasteiger partial charge in [-0.05, 0) is 100 Å². The van der Waals surface area contributed by atoms with Gasteiger partial charge in [-0.2, -0.15) is 0 Å². The summed E-state index contributed by atoms with van der Waals surface area (Å²) >= 11 is 13.6. The summed E-state index contributed by atoms with van der Waals surface area (Å²) in [6.07, 6.45) is 1.86. The Balaban J connectivity index is 1.54. The highest BCUT2D eigenvalue weighted by molar-refractivity contribution is 14.1. The first kappa shape index (κ1) is 28.5. The van der Waals surface area contributed by atoms with E-state index >= 15 is 0 Å². The number of fused-ring (bicyclic) bond motifs is 1. The number of esters is 1. The summed E-state index contributed by atoms with van der Waals surface area (Å²) < 4.78 is 15.4. The Labute approximate surface area is 264 Å². The summed E-state index contributed by atoms with van der Waals surface area (Å²) in [6.45, 7) is 4.15. The zero-order valence-electron chi connectivity index (χ0n) is 20.7. The molecule has 3 heterocycles. The number of rotatable bonds is 7. The average molecular weight is 803 g/mol. The monoisotopic (exact) mass is 802 g/mol. The van der Waals surface area contributed by atoms with Crippen molar-refractivity contribution in [2.24, 2.45) is 4.99 Å². The molecule has 0 aliphatic carbocycles. The molecule has 39 heavy (non-hydrogen) atoms. The summed E-state index contributed by atoms with van der Waals surface area (Å²) in [5.41, 5.74) is 2.53. The molecule has 0 amide bonds. The van der Waals surface area contributed by atoms with Crippen LogP contribution in [0.3, 0.4) is 0 Å². The predicted molar refractivity (Wildman–Crippen MR) is 172 cm³/mol. The molecule has 0 spiro atoms. The maximum Gasteiger partial charge on any atom is 0.338 e. The van der Waals surface area contributed by atoms with Crippen LogP contribution in [-0.2, 0) is 16.1 Å². The molecule has 2 aromatic carbocycles. The molecule has 11 heteroatoms. The van der Waals surface area contributed by atoms with E-state index in [1.54, 1.807) is 18.4 Å². The van der Waals surface area contributed by atoms with Crippen molar-refractivity contribution in [3.8, 4) is 5.75 Å². The number of hydrogen-bond donors (Lipinski definition) is 0. The van der Waals surface area contributed by atoms with Crippen LogP contribution >= 0.6 is 79.5 Å². The summed E-state index contributed by atoms with van der Waals surface area (Å²) in [4.78, 5) is 32.7. The highest BCUT2D eigenvalue weighted by atomic mass is 127. The number of aromatic nitrogens is 1. The van der Waals surface area contributed by atoms with Crippen LogP contribution < -0.4 is 19.6 Å². The van der Waals surface area contributed by atoms with Gasteiger partial charge >= 0.3 is 5.97 Å². The lowest BCUT2D eigenvalue weighted by molar-refractivity contribution is -0.139. The van der Waals surface area contributed by atoms with Gasteiger partial charge in [0.25, 0.3) is 5.56 Å². The zero-order chi connectivity index (χ0) is 27.7. The number of carbonyl (C=O) groups excluding carboxylic acids is 1. The molecule has 5 rings (SSSR count). The molecule has 200 valence electrons. The van der Waals surface area contributed by atoms with Crippen molar-refractivity contribution in [2.75, 3.05) is 6.61 Å². The SMILES string of the molecule is CCOC(=O)C1=C(C)N=c2sc(=Cc3cc(I)c(OCc4ccccc4Cl)c(I)c3)c(=O)n2[C@@H]1c1cccs1. The van der Waals surface area contributed by atoms with Crippen LogP contribution in [0.1, 0.15) is 35.9 Å². The van der Waals surface area contributed by atoms with E-state index in [1.165, 1.54) is 22.7 Å². The van der Waals surface area contributed by atoms with Gasteiger partial charge in [-0.3, -0.25) is 9.36 Å². The molecule has 0 radical (unpaired) electrons. The van der Waals surface area contributed by atoms with Gasteiger partial charge in [0.05, 0.1) is 29.5 Å². The van der Waals surface area contributed by atoms with Crippen molar-refractivity contribution < 1.29 is 14.3 Å². The van der Waals surface area contributed by atoms with Crippen molar-refractivity contribution in [3.05, 3.63) is 113 Å². The maximum atomic E-state index is 13.8. The molecule has 4 aromatic rings. The third kappa shape index (κ3) is 5.90. The highest BCUT2D eigenvalue weighted by Gasteiger charge is 2.33. The lowest BCUT2D eigenvalue weighted by atomic mass is 10.0. The number of nitrogens with zero attached hydrogens (tertiary/aromatic N) is 2. The van der Waals surface area contributed by atoms with E-state index in [0.717, 1.165) is 28.9 Å². The second kappa shape index (κ2) is 12.2. The second-order valence-electron chi connectivity index (χ2n) is 8.51. The van der Waals surface area contributed by atoms with Crippen molar-refractivity contribution >= 4 is 91.5 Å². The van der Waals surface area contributed by atoms with Gasteiger partial charge in [-0.1, -0.05) is 47.2 Å². The molecule has 1 aliphatic heterocycles. The van der Waals surface area contributed by atoms with Crippen LogP contribution in [0.4, 0.5) is 0 Å². The molecule has 2 aromatic heterocycles. The first-order valence-corrected chi connectivity index (χ1v) is 16.1. The normalized spacial score (nSPS) is 15.2. The molecule has 0 N–H and O–H groups in total. The summed E-state index contributed by atoms with van der Waals surface area (Å²) in [6, 6.07) is 14.8. The van der Waals surface area contributed by atoms with Gasteiger partial charge in [-0.25, -0.2) is 9.79 Å². The van der Waals surface area contributed by atoms with E-state index in [-0.39, 0.29) is 12.2 Å². The zero-order valence-corrected chi connectivity index (χ0v) is 27.4. The van der Waals surface area contributed by atoms with Crippen LogP contribution in [0.25, 0.3) is 6.08 Å². The fourth-order valence-electron chi connectivity index (χ4n) is 4.22. The van der Waals surface area contributed by atoms with Crippen molar-refractivity contribution in [1.82, 2.24) is 4.57 Å². The fourth-order valence-corrected chi connectivity index (χ4v) is 8.41. The van der Waals surface area contributed by atoms with E-state index in [0.29, 0.717) is 32.2 Å². The molecule has 1 atom stereocenters. The van der Waals surface area contributed by atoms with Crippen molar-refractivity contribution in [3.63, 3.8) is 0 Å². The standard InChI is InChI=1S/C28H21ClI2N2O4S2/c1-3-36-27(35)23-15(2)32-28-33(24(23)21-9-6-10-38-21)26(34)22(39-28)13-16-11-19(30)25(20(31)12-16)37-14-17-7-4-5-8-18(17)29/h4-13,24H,3,14H2,1-2H3/t24-/m1/s1. The largest absolute Gasteiger partial charge is 0.487 e. The van der Waals surface area contributed by atoms with E-state index in [2.05, 4.69) is 50.2 Å². The average Bonchev–Trinajstić information content (AvgIpc) is 3.52. The van der Waals surface area contributed by atoms with Gasteiger partial charge in [-0.15, -0.1) is 11.3 Å². The number of thiophene rings is 1. The number of hydrogen-bond acceptors (Lipinski definition) is 7. The molecule has 0 saturated heterocycles. The Morgan fingerprint density at radius 3 is 2.59 bits per heavy atom. The van der Waals surface area contributed by atoms with E-state index in [1.807, 2.05) is 60.0 Å². The van der Waals surface area contributed by atoms with E-state index in [4.69, 9.17) is 21.1 Å². The quantitative estimate of drug-likeness (QED) is 0.163. The Kier molecular flexibility index (Phi) is 8.96. The van der Waals surface area contributed by atoms with Gasteiger partial charge < -0.3 is 9.47 Å². The van der Waals surface area contributed by atoms with Crippen molar-refractivity contribution in [1.29, 1.82) is 0 Å².